The third-order valence-electron chi connectivity index (χ3n) is 6.84. The molecular weight excluding hydrogens is 460 g/mol. The molecule has 188 valence electrons. The number of nitrogens with zero attached hydrogens (tertiary/aromatic N) is 4. The molecule has 0 spiro atoms. The van der Waals surface area contributed by atoms with Gasteiger partial charge in [-0.1, -0.05) is 12.1 Å². The minimum absolute atomic E-state index is 0.169. The van der Waals surface area contributed by atoms with Gasteiger partial charge in [-0.2, -0.15) is 0 Å². The number of piperidine rings is 1. The molecule has 9 heteroatoms. The van der Waals surface area contributed by atoms with E-state index < -0.39 is 0 Å². The molecule has 2 aliphatic rings. The van der Waals surface area contributed by atoms with Gasteiger partial charge in [-0.3, -0.25) is 9.59 Å². The third kappa shape index (κ3) is 5.05. The zero-order chi connectivity index (χ0) is 25.1. The van der Waals surface area contributed by atoms with Gasteiger partial charge in [0.1, 0.15) is 6.61 Å². The number of hydrogen-bond acceptors (Lipinski definition) is 8. The van der Waals surface area contributed by atoms with E-state index in [1.165, 1.54) is 0 Å². The van der Waals surface area contributed by atoms with Crippen molar-refractivity contribution in [2.75, 3.05) is 31.2 Å². The summed E-state index contributed by atoms with van der Waals surface area (Å²) in [4.78, 5) is 36.2. The zero-order valence-corrected chi connectivity index (χ0v) is 20.6. The number of carbonyl (C=O) groups is 2. The number of esters is 1. The van der Waals surface area contributed by atoms with E-state index in [0.29, 0.717) is 50.6 Å². The first-order valence-electron chi connectivity index (χ1n) is 12.3. The average Bonchev–Trinajstić information content (AvgIpc) is 3.20. The summed E-state index contributed by atoms with van der Waals surface area (Å²) < 4.78 is 19.4. The van der Waals surface area contributed by atoms with Crippen LogP contribution in [-0.2, 0) is 16.1 Å². The molecule has 0 N–H and O–H groups in total. The lowest BCUT2D eigenvalue weighted by atomic mass is 9.97. The van der Waals surface area contributed by atoms with Crippen LogP contribution in [0.15, 0.2) is 48.8 Å². The number of carbonyl (C=O) groups excluding carboxylic acids is 2. The first-order chi connectivity index (χ1) is 17.5. The number of aromatic nitrogens is 3. The fourth-order valence-electron chi connectivity index (χ4n) is 4.82. The Morgan fingerprint density at radius 1 is 1.06 bits per heavy atom. The van der Waals surface area contributed by atoms with Crippen LogP contribution in [0.5, 0.6) is 11.5 Å². The average molecular weight is 491 g/mol. The Morgan fingerprint density at radius 2 is 1.78 bits per heavy atom. The Balaban J connectivity index is 1.14. The molecule has 3 aromatic rings. The highest BCUT2D eigenvalue weighted by atomic mass is 16.6. The van der Waals surface area contributed by atoms with Gasteiger partial charge in [-0.05, 0) is 51.0 Å². The normalized spacial score (nSPS) is 17.6. The summed E-state index contributed by atoms with van der Waals surface area (Å²) >= 11 is 0. The molecule has 2 aromatic heterocycles. The second-order valence-electron chi connectivity index (χ2n) is 9.23. The molecule has 0 aliphatic carbocycles. The number of anilines is 1. The molecule has 1 fully saturated rings. The van der Waals surface area contributed by atoms with E-state index in [1.54, 1.807) is 18.5 Å². The standard InChI is InChI=1S/C27H30N4O5/c1-18-14-22(19(2)31(18)15-21-16-34-24-6-3-4-7-25(24)36-21)23(32)17-35-26(33)20-8-12-30(13-9-20)27-28-10-5-11-29-27/h3-7,10-11,14,20-21H,8-9,12-13,15-17H2,1-2H3. The van der Waals surface area contributed by atoms with Gasteiger partial charge >= 0.3 is 5.97 Å². The highest BCUT2D eigenvalue weighted by Gasteiger charge is 2.29. The van der Waals surface area contributed by atoms with Crippen molar-refractivity contribution in [3.8, 4) is 11.5 Å². The van der Waals surface area contributed by atoms with Crippen LogP contribution >= 0.6 is 0 Å². The van der Waals surface area contributed by atoms with E-state index in [1.807, 2.05) is 44.2 Å². The summed E-state index contributed by atoms with van der Waals surface area (Å²) in [7, 11) is 0. The second kappa shape index (κ2) is 10.4. The predicted molar refractivity (Wildman–Crippen MR) is 133 cm³/mol. The summed E-state index contributed by atoms with van der Waals surface area (Å²) in [6, 6.07) is 11.2. The van der Waals surface area contributed by atoms with Gasteiger partial charge in [0.25, 0.3) is 0 Å². The maximum absolute atomic E-state index is 12.9. The van der Waals surface area contributed by atoms with Crippen molar-refractivity contribution in [1.82, 2.24) is 14.5 Å². The number of rotatable bonds is 7. The number of fused-ring (bicyclic) bond motifs is 1. The molecule has 36 heavy (non-hydrogen) atoms. The van der Waals surface area contributed by atoms with Gasteiger partial charge in [0.05, 0.1) is 12.5 Å². The maximum Gasteiger partial charge on any atom is 0.309 e. The summed E-state index contributed by atoms with van der Waals surface area (Å²) in [5.41, 5.74) is 2.33. The van der Waals surface area contributed by atoms with Gasteiger partial charge in [0, 0.05) is 42.4 Å². The van der Waals surface area contributed by atoms with Crippen LogP contribution in [0.4, 0.5) is 5.95 Å². The Labute approximate surface area is 210 Å². The van der Waals surface area contributed by atoms with Crippen LogP contribution < -0.4 is 14.4 Å². The number of hydrogen-bond donors (Lipinski definition) is 0. The van der Waals surface area contributed by atoms with E-state index in [4.69, 9.17) is 14.2 Å². The van der Waals surface area contributed by atoms with Crippen LogP contribution in [0.3, 0.4) is 0 Å². The minimum atomic E-state index is -0.322. The van der Waals surface area contributed by atoms with Crippen LogP contribution in [0.25, 0.3) is 0 Å². The SMILES string of the molecule is Cc1cc(C(=O)COC(=O)C2CCN(c3ncccn3)CC2)c(C)n1CC1COc2ccccc2O1. The monoisotopic (exact) mass is 490 g/mol. The molecule has 1 saturated heterocycles. The topological polar surface area (TPSA) is 95.8 Å². The van der Waals surface area contributed by atoms with Crippen LogP contribution in [-0.4, -0.2) is 58.7 Å². The lowest BCUT2D eigenvalue weighted by Crippen LogP contribution is -2.38. The number of aryl methyl sites for hydroxylation is 1. The maximum atomic E-state index is 12.9. The molecule has 1 aromatic carbocycles. The Morgan fingerprint density at radius 3 is 2.53 bits per heavy atom. The molecule has 0 bridgehead atoms. The molecule has 4 heterocycles. The summed E-state index contributed by atoms with van der Waals surface area (Å²) in [6.07, 6.45) is 4.54. The molecule has 9 nitrogen and oxygen atoms in total. The van der Waals surface area contributed by atoms with Crippen molar-refractivity contribution in [3.05, 3.63) is 65.7 Å². The molecule has 0 amide bonds. The molecular formula is C27H30N4O5. The van der Waals surface area contributed by atoms with Crippen molar-refractivity contribution >= 4 is 17.7 Å². The van der Waals surface area contributed by atoms with Gasteiger partial charge in [0.2, 0.25) is 11.7 Å². The fourth-order valence-corrected chi connectivity index (χ4v) is 4.82. The quantitative estimate of drug-likeness (QED) is 0.367. The van der Waals surface area contributed by atoms with Gasteiger partial charge < -0.3 is 23.7 Å². The molecule has 5 rings (SSSR count). The lowest BCUT2D eigenvalue weighted by molar-refractivity contribution is -0.148. The van der Waals surface area contributed by atoms with Crippen molar-refractivity contribution in [2.45, 2.75) is 39.3 Å². The Kier molecular flexibility index (Phi) is 6.88. The largest absolute Gasteiger partial charge is 0.486 e. The second-order valence-corrected chi connectivity index (χ2v) is 9.23. The van der Waals surface area contributed by atoms with Crippen molar-refractivity contribution in [3.63, 3.8) is 0 Å². The van der Waals surface area contributed by atoms with E-state index in [-0.39, 0.29) is 30.4 Å². The number of para-hydroxylation sites is 2. The van der Waals surface area contributed by atoms with Crippen molar-refractivity contribution < 1.29 is 23.8 Å². The van der Waals surface area contributed by atoms with Crippen LogP contribution in [0.1, 0.15) is 34.6 Å². The summed E-state index contributed by atoms with van der Waals surface area (Å²) in [6.45, 7) is 5.94. The zero-order valence-electron chi connectivity index (χ0n) is 20.6. The molecule has 0 radical (unpaired) electrons. The Bertz CT molecular complexity index is 1230. The number of ether oxygens (including phenoxy) is 3. The molecule has 0 saturated carbocycles. The number of benzene rings is 1. The Hall–Kier alpha value is -3.88. The van der Waals surface area contributed by atoms with E-state index in [9.17, 15) is 9.59 Å². The first kappa shape index (κ1) is 23.8. The lowest BCUT2D eigenvalue weighted by Gasteiger charge is -2.30. The number of Topliss-reactive ketones (excluding diaryl/α,β-unsaturated/α-hetero) is 1. The smallest absolute Gasteiger partial charge is 0.309 e. The van der Waals surface area contributed by atoms with Crippen molar-refractivity contribution in [2.24, 2.45) is 5.92 Å². The third-order valence-corrected chi connectivity index (χ3v) is 6.84. The first-order valence-corrected chi connectivity index (χ1v) is 12.3. The molecule has 1 atom stereocenters. The van der Waals surface area contributed by atoms with E-state index in [2.05, 4.69) is 19.4 Å². The van der Waals surface area contributed by atoms with E-state index in [0.717, 1.165) is 22.9 Å². The summed E-state index contributed by atoms with van der Waals surface area (Å²) in [5.74, 6) is 1.38. The molecule has 2 aliphatic heterocycles. The molecule has 1 unspecified atom stereocenters. The fraction of sp³-hybridized carbons (Fsp3) is 0.407. The predicted octanol–water partition coefficient (Wildman–Crippen LogP) is 3.38. The van der Waals surface area contributed by atoms with Crippen LogP contribution in [0, 0.1) is 19.8 Å². The van der Waals surface area contributed by atoms with Gasteiger partial charge in [-0.15, -0.1) is 0 Å². The minimum Gasteiger partial charge on any atom is -0.486 e. The van der Waals surface area contributed by atoms with E-state index >= 15 is 0 Å². The summed E-state index contributed by atoms with van der Waals surface area (Å²) in [5, 5.41) is 0. The van der Waals surface area contributed by atoms with Crippen LogP contribution in [0.2, 0.25) is 0 Å². The van der Waals surface area contributed by atoms with Gasteiger partial charge in [0.15, 0.2) is 24.2 Å². The highest BCUT2D eigenvalue weighted by molar-refractivity contribution is 5.99. The van der Waals surface area contributed by atoms with Crippen molar-refractivity contribution in [1.29, 1.82) is 0 Å². The highest BCUT2D eigenvalue weighted by Crippen LogP contribution is 2.31. The number of ketones is 1. The van der Waals surface area contributed by atoms with Gasteiger partial charge in [-0.25, -0.2) is 9.97 Å².